The number of nitrogens with one attached hydrogen (secondary N) is 1. The summed E-state index contributed by atoms with van der Waals surface area (Å²) in [5.41, 5.74) is 1.84. The van der Waals surface area contributed by atoms with E-state index in [2.05, 4.69) is 5.32 Å². The Bertz CT molecular complexity index is 956. The molecule has 10 atom stereocenters. The predicted octanol–water partition coefficient (Wildman–Crippen LogP) is -1.35. The molecule has 1 aromatic carbocycles. The van der Waals surface area contributed by atoms with Crippen LogP contribution in [0.5, 0.6) is 11.5 Å². The van der Waals surface area contributed by atoms with E-state index in [9.17, 15) is 30.3 Å². The number of carboxylic acid groups (broad SMARTS) is 1. The summed E-state index contributed by atoms with van der Waals surface area (Å²) in [6.45, 7) is 0.826. The van der Waals surface area contributed by atoms with Crippen LogP contribution < -0.4 is 14.8 Å². The normalized spacial score (nSPS) is 46.2. The number of hydrogen-bond acceptors (Lipinski definition) is 9. The molecule has 0 radical (unpaired) electrons. The second kappa shape index (κ2) is 7.02. The summed E-state index contributed by atoms with van der Waals surface area (Å²) in [4.78, 5) is 11.4. The molecule has 3 aliphatic heterocycles. The van der Waals surface area contributed by atoms with Gasteiger partial charge in [-0.3, -0.25) is 0 Å². The summed E-state index contributed by atoms with van der Waals surface area (Å²) in [6.07, 6.45) is -6.25. The Balaban J connectivity index is 1.39. The van der Waals surface area contributed by atoms with Crippen LogP contribution in [0.25, 0.3) is 0 Å². The van der Waals surface area contributed by atoms with Crippen LogP contribution in [0.3, 0.4) is 0 Å². The number of carbonyl (C=O) groups is 1. The highest BCUT2D eigenvalue weighted by Gasteiger charge is 2.64. The molecule has 6 N–H and O–H groups in total. The molecule has 0 amide bonds. The van der Waals surface area contributed by atoms with Gasteiger partial charge in [0.2, 0.25) is 6.29 Å². The smallest absolute Gasteiger partial charge is 0.335 e. The lowest BCUT2D eigenvalue weighted by molar-refractivity contribution is -0.271. The SMILES string of the molecule is O=C(O)C1OC(Oc2ccc3c4c2O[C@H]2[C@H](O)CCC5C(C3)NCCC452)C(O)C(O)C1O. The molecule has 2 bridgehead atoms. The molecule has 2 aliphatic carbocycles. The van der Waals surface area contributed by atoms with Crippen LogP contribution in [0.2, 0.25) is 0 Å². The van der Waals surface area contributed by atoms with Crippen molar-refractivity contribution in [1.82, 2.24) is 5.32 Å². The van der Waals surface area contributed by atoms with Crippen molar-refractivity contribution in [3.63, 3.8) is 0 Å². The Hall–Kier alpha value is -1.95. The maximum Gasteiger partial charge on any atom is 0.335 e. The summed E-state index contributed by atoms with van der Waals surface area (Å²) in [6, 6.07) is 3.95. The third-order valence-corrected chi connectivity index (χ3v) is 8.14. The molecule has 1 saturated carbocycles. The molecule has 3 fully saturated rings. The van der Waals surface area contributed by atoms with E-state index in [4.69, 9.17) is 14.2 Å². The molecule has 10 heteroatoms. The van der Waals surface area contributed by atoms with Gasteiger partial charge in [-0.15, -0.1) is 0 Å². The van der Waals surface area contributed by atoms with Gasteiger partial charge in [-0.25, -0.2) is 4.79 Å². The number of aliphatic hydroxyl groups excluding tert-OH is 4. The lowest BCUT2D eigenvalue weighted by Gasteiger charge is -2.56. The van der Waals surface area contributed by atoms with Crippen molar-refractivity contribution >= 4 is 5.97 Å². The Labute approximate surface area is 183 Å². The van der Waals surface area contributed by atoms with Crippen molar-refractivity contribution in [2.75, 3.05) is 6.54 Å². The monoisotopic (exact) mass is 449 g/mol. The van der Waals surface area contributed by atoms with Gasteiger partial charge in [0.1, 0.15) is 24.4 Å². The molecular formula is C22H27NO9. The van der Waals surface area contributed by atoms with Gasteiger partial charge in [0, 0.05) is 17.0 Å². The van der Waals surface area contributed by atoms with Crippen molar-refractivity contribution in [2.45, 2.75) is 80.1 Å². The van der Waals surface area contributed by atoms with Gasteiger partial charge in [0.15, 0.2) is 17.6 Å². The van der Waals surface area contributed by atoms with Gasteiger partial charge in [-0.2, -0.15) is 0 Å². The fourth-order valence-corrected chi connectivity index (χ4v) is 6.79. The molecule has 1 spiro atoms. The fraction of sp³-hybridized carbons (Fsp3) is 0.682. The first kappa shape index (κ1) is 20.6. The number of hydrogen-bond donors (Lipinski definition) is 6. The van der Waals surface area contributed by atoms with Crippen molar-refractivity contribution in [1.29, 1.82) is 0 Å². The number of benzene rings is 1. The van der Waals surface area contributed by atoms with Crippen LogP contribution in [-0.2, 0) is 21.4 Å². The molecule has 10 nitrogen and oxygen atoms in total. The van der Waals surface area contributed by atoms with E-state index in [0.29, 0.717) is 24.1 Å². The topological polar surface area (TPSA) is 158 Å². The molecule has 174 valence electrons. The second-order valence-corrected chi connectivity index (χ2v) is 9.62. The van der Waals surface area contributed by atoms with E-state index in [1.165, 1.54) is 0 Å². The number of aliphatic hydroxyl groups is 4. The van der Waals surface area contributed by atoms with Crippen LogP contribution in [0.15, 0.2) is 12.1 Å². The molecule has 2 saturated heterocycles. The van der Waals surface area contributed by atoms with Gasteiger partial charge >= 0.3 is 5.97 Å². The molecule has 32 heavy (non-hydrogen) atoms. The number of carboxylic acids is 1. The van der Waals surface area contributed by atoms with Gasteiger partial charge in [-0.1, -0.05) is 6.07 Å². The number of aliphatic carboxylic acids is 1. The molecule has 1 aromatic rings. The van der Waals surface area contributed by atoms with E-state index in [1.54, 1.807) is 6.07 Å². The first-order valence-electron chi connectivity index (χ1n) is 11.2. The van der Waals surface area contributed by atoms with E-state index in [0.717, 1.165) is 36.9 Å². The third-order valence-electron chi connectivity index (χ3n) is 8.14. The number of piperidine rings is 1. The Kier molecular flexibility index (Phi) is 4.53. The minimum atomic E-state index is -1.79. The molecule has 5 aliphatic rings. The second-order valence-electron chi connectivity index (χ2n) is 9.62. The average Bonchev–Trinajstić information content (AvgIpc) is 3.11. The van der Waals surface area contributed by atoms with Crippen LogP contribution in [0, 0.1) is 5.92 Å². The zero-order valence-electron chi connectivity index (χ0n) is 17.3. The van der Waals surface area contributed by atoms with Gasteiger partial charge in [0.05, 0.1) is 6.10 Å². The summed E-state index contributed by atoms with van der Waals surface area (Å²) < 4.78 is 17.5. The van der Waals surface area contributed by atoms with Gasteiger partial charge in [0.25, 0.3) is 0 Å². The van der Waals surface area contributed by atoms with Crippen LogP contribution >= 0.6 is 0 Å². The van der Waals surface area contributed by atoms with Crippen LogP contribution in [0.4, 0.5) is 0 Å². The first-order valence-corrected chi connectivity index (χ1v) is 11.2. The largest absolute Gasteiger partial charge is 0.483 e. The Morgan fingerprint density at radius 2 is 1.94 bits per heavy atom. The third kappa shape index (κ3) is 2.59. The lowest BCUT2D eigenvalue weighted by Crippen LogP contribution is -2.66. The highest BCUT2D eigenvalue weighted by atomic mass is 16.7. The molecule has 8 unspecified atom stereocenters. The van der Waals surface area contributed by atoms with Crippen molar-refractivity contribution < 1.29 is 44.5 Å². The van der Waals surface area contributed by atoms with Crippen molar-refractivity contribution in [3.05, 3.63) is 23.3 Å². The standard InChI is InChI=1S/C22H27NO9/c24-11-3-2-9-10-7-8-1-4-12(17-13(8)22(9,5-6-23-10)19(11)31-17)30-21-16(27)14(25)15(26)18(32-21)20(28)29/h1,4,9-11,14-16,18-19,21,23-27H,2-3,5-7H2,(H,28,29)/t9?,10?,11-,14?,15?,16?,18?,19+,21?,22?/m1/s1. The first-order chi connectivity index (χ1) is 15.3. The quantitative estimate of drug-likeness (QED) is 0.326. The summed E-state index contributed by atoms with van der Waals surface area (Å²) in [5.74, 6) is -0.396. The minimum absolute atomic E-state index is 0.257. The molecule has 3 heterocycles. The van der Waals surface area contributed by atoms with Crippen LogP contribution in [0.1, 0.15) is 30.4 Å². The molecule has 0 aromatic heterocycles. The summed E-state index contributed by atoms with van der Waals surface area (Å²) >= 11 is 0. The van der Waals surface area contributed by atoms with E-state index in [-0.39, 0.29) is 11.2 Å². The lowest BCUT2D eigenvalue weighted by atomic mass is 9.52. The maximum atomic E-state index is 11.4. The number of ether oxygens (including phenoxy) is 3. The Morgan fingerprint density at radius 1 is 1.12 bits per heavy atom. The molecular weight excluding hydrogens is 422 g/mol. The highest BCUT2D eigenvalue weighted by molar-refractivity contribution is 5.73. The molecule has 6 rings (SSSR count). The van der Waals surface area contributed by atoms with Gasteiger partial charge < -0.3 is 45.1 Å². The highest BCUT2D eigenvalue weighted by Crippen LogP contribution is 2.62. The van der Waals surface area contributed by atoms with Crippen molar-refractivity contribution in [2.24, 2.45) is 5.92 Å². The van der Waals surface area contributed by atoms with E-state index >= 15 is 0 Å². The fourth-order valence-electron chi connectivity index (χ4n) is 6.79. The number of rotatable bonds is 3. The maximum absolute atomic E-state index is 11.4. The Morgan fingerprint density at radius 3 is 2.72 bits per heavy atom. The minimum Gasteiger partial charge on any atom is -0.483 e. The van der Waals surface area contributed by atoms with Crippen LogP contribution in [-0.4, -0.2) is 87.0 Å². The average molecular weight is 449 g/mol. The van der Waals surface area contributed by atoms with E-state index in [1.807, 2.05) is 6.07 Å². The summed E-state index contributed by atoms with van der Waals surface area (Å²) in [5, 5.41) is 54.2. The van der Waals surface area contributed by atoms with Crippen molar-refractivity contribution in [3.8, 4) is 11.5 Å². The van der Waals surface area contributed by atoms with Gasteiger partial charge in [-0.05, 0) is 49.8 Å². The predicted molar refractivity (Wildman–Crippen MR) is 106 cm³/mol. The zero-order chi connectivity index (χ0) is 22.4. The van der Waals surface area contributed by atoms with E-state index < -0.39 is 48.9 Å². The summed E-state index contributed by atoms with van der Waals surface area (Å²) in [7, 11) is 0. The zero-order valence-corrected chi connectivity index (χ0v) is 17.3.